The van der Waals surface area contributed by atoms with Crippen LogP contribution in [0.2, 0.25) is 0 Å². The normalized spacial score (nSPS) is 19.5. The number of rotatable bonds is 7. The highest BCUT2D eigenvalue weighted by atomic mass is 16.5. The van der Waals surface area contributed by atoms with E-state index >= 15 is 0 Å². The van der Waals surface area contributed by atoms with Crippen molar-refractivity contribution in [3.05, 3.63) is 23.8 Å². The Morgan fingerprint density at radius 1 is 1.24 bits per heavy atom. The lowest BCUT2D eigenvalue weighted by atomic mass is 9.98. The lowest BCUT2D eigenvalue weighted by molar-refractivity contribution is 0.206. The van der Waals surface area contributed by atoms with Gasteiger partial charge in [-0.1, -0.05) is 6.07 Å². The molecule has 1 fully saturated rings. The van der Waals surface area contributed by atoms with E-state index in [-0.39, 0.29) is 0 Å². The summed E-state index contributed by atoms with van der Waals surface area (Å²) in [6.07, 6.45) is 3.70. The van der Waals surface area contributed by atoms with E-state index in [1.54, 1.807) is 14.2 Å². The van der Waals surface area contributed by atoms with Gasteiger partial charge in [-0.15, -0.1) is 0 Å². The first-order valence-electron chi connectivity index (χ1n) is 7.83. The summed E-state index contributed by atoms with van der Waals surface area (Å²) in [6.45, 7) is 4.61. The predicted octanol–water partition coefficient (Wildman–Crippen LogP) is 2.18. The molecular weight excluding hydrogens is 264 g/mol. The Morgan fingerprint density at radius 2 is 2.05 bits per heavy atom. The Balaban J connectivity index is 1.73. The summed E-state index contributed by atoms with van der Waals surface area (Å²) in [5, 5.41) is 3.59. The second kappa shape index (κ2) is 8.25. The van der Waals surface area contributed by atoms with Crippen LogP contribution in [0.3, 0.4) is 0 Å². The Morgan fingerprint density at radius 3 is 2.76 bits per heavy atom. The van der Waals surface area contributed by atoms with Crippen molar-refractivity contribution in [1.82, 2.24) is 10.2 Å². The molecule has 0 spiro atoms. The van der Waals surface area contributed by atoms with Crippen LogP contribution in [0.1, 0.15) is 18.4 Å². The van der Waals surface area contributed by atoms with Gasteiger partial charge in [0, 0.05) is 6.54 Å². The topological polar surface area (TPSA) is 33.7 Å². The minimum atomic E-state index is 0.791. The van der Waals surface area contributed by atoms with Crippen LogP contribution < -0.4 is 14.8 Å². The minimum absolute atomic E-state index is 0.791. The molecule has 1 saturated heterocycles. The van der Waals surface area contributed by atoms with Gasteiger partial charge in [-0.05, 0) is 69.6 Å². The molecule has 4 heteroatoms. The van der Waals surface area contributed by atoms with Crippen LogP contribution in [-0.4, -0.2) is 52.3 Å². The molecule has 1 aromatic carbocycles. The number of benzene rings is 1. The first-order valence-corrected chi connectivity index (χ1v) is 7.83. The van der Waals surface area contributed by atoms with Crippen molar-refractivity contribution < 1.29 is 9.47 Å². The molecular formula is C17H28N2O2. The number of hydrogen-bond donors (Lipinski definition) is 1. The van der Waals surface area contributed by atoms with E-state index in [4.69, 9.17) is 9.47 Å². The van der Waals surface area contributed by atoms with Gasteiger partial charge in [-0.25, -0.2) is 0 Å². The van der Waals surface area contributed by atoms with Crippen molar-refractivity contribution in [1.29, 1.82) is 0 Å². The van der Waals surface area contributed by atoms with Crippen LogP contribution in [0.15, 0.2) is 18.2 Å². The van der Waals surface area contributed by atoms with E-state index in [1.165, 1.54) is 31.5 Å². The molecule has 0 radical (unpaired) electrons. The van der Waals surface area contributed by atoms with Crippen molar-refractivity contribution in [3.63, 3.8) is 0 Å². The molecule has 4 nitrogen and oxygen atoms in total. The van der Waals surface area contributed by atoms with E-state index in [0.717, 1.165) is 36.9 Å². The second-order valence-corrected chi connectivity index (χ2v) is 5.91. The first-order chi connectivity index (χ1) is 10.2. The molecule has 0 bridgehead atoms. The number of hydrogen-bond acceptors (Lipinski definition) is 4. The third kappa shape index (κ3) is 4.90. The maximum absolute atomic E-state index is 5.34. The van der Waals surface area contributed by atoms with E-state index in [0.29, 0.717) is 0 Å². The molecule has 0 aromatic heterocycles. The third-order valence-corrected chi connectivity index (χ3v) is 4.19. The summed E-state index contributed by atoms with van der Waals surface area (Å²) in [6, 6.07) is 6.15. The van der Waals surface area contributed by atoms with Gasteiger partial charge in [0.25, 0.3) is 0 Å². The number of piperidine rings is 1. The lowest BCUT2D eigenvalue weighted by Gasteiger charge is -2.29. The van der Waals surface area contributed by atoms with Crippen LogP contribution in [0.25, 0.3) is 0 Å². The van der Waals surface area contributed by atoms with Gasteiger partial charge in [0.2, 0.25) is 0 Å². The summed E-state index contributed by atoms with van der Waals surface area (Å²) in [5.74, 6) is 2.40. The molecule has 1 atom stereocenters. The quantitative estimate of drug-likeness (QED) is 0.781. The van der Waals surface area contributed by atoms with Gasteiger partial charge in [0.05, 0.1) is 14.2 Å². The second-order valence-electron chi connectivity index (χ2n) is 5.91. The van der Waals surface area contributed by atoms with Gasteiger partial charge in [-0.2, -0.15) is 0 Å². The summed E-state index contributed by atoms with van der Waals surface area (Å²) in [7, 11) is 5.57. The summed E-state index contributed by atoms with van der Waals surface area (Å²) >= 11 is 0. The van der Waals surface area contributed by atoms with Crippen molar-refractivity contribution in [2.75, 3.05) is 47.4 Å². The van der Waals surface area contributed by atoms with Gasteiger partial charge in [-0.3, -0.25) is 0 Å². The fourth-order valence-electron chi connectivity index (χ4n) is 3.01. The van der Waals surface area contributed by atoms with Crippen LogP contribution in [0.5, 0.6) is 11.5 Å². The number of likely N-dealkylation sites (tertiary alicyclic amines) is 1. The fourth-order valence-corrected chi connectivity index (χ4v) is 3.01. The Kier molecular flexibility index (Phi) is 6.33. The zero-order valence-corrected chi connectivity index (χ0v) is 13.5. The Bertz CT molecular complexity index is 437. The van der Waals surface area contributed by atoms with Crippen molar-refractivity contribution in [2.45, 2.75) is 19.3 Å². The highest BCUT2D eigenvalue weighted by Crippen LogP contribution is 2.27. The molecule has 2 rings (SSSR count). The zero-order valence-electron chi connectivity index (χ0n) is 13.5. The standard InChI is InChI=1S/C17H28N2O2/c1-19-10-4-5-15(13-19)12-18-9-8-14-6-7-16(20-2)17(11-14)21-3/h6-7,11,15,18H,4-5,8-10,12-13H2,1-3H3. The van der Waals surface area contributed by atoms with Crippen molar-refractivity contribution in [3.8, 4) is 11.5 Å². The molecule has 0 aliphatic carbocycles. The zero-order chi connectivity index (χ0) is 15.1. The number of methoxy groups -OCH3 is 2. The fraction of sp³-hybridized carbons (Fsp3) is 0.647. The Hall–Kier alpha value is -1.26. The molecule has 1 N–H and O–H groups in total. The largest absolute Gasteiger partial charge is 0.493 e. The molecule has 1 heterocycles. The highest BCUT2D eigenvalue weighted by Gasteiger charge is 2.16. The van der Waals surface area contributed by atoms with Crippen LogP contribution in [0, 0.1) is 5.92 Å². The molecule has 1 unspecified atom stereocenters. The summed E-state index contributed by atoms with van der Waals surface area (Å²) in [4.78, 5) is 2.43. The third-order valence-electron chi connectivity index (χ3n) is 4.19. The van der Waals surface area contributed by atoms with E-state index in [2.05, 4.69) is 29.4 Å². The van der Waals surface area contributed by atoms with Gasteiger partial charge < -0.3 is 19.7 Å². The number of nitrogens with one attached hydrogen (secondary N) is 1. The first kappa shape index (κ1) is 16.1. The average Bonchev–Trinajstić information content (AvgIpc) is 2.51. The van der Waals surface area contributed by atoms with Crippen LogP contribution >= 0.6 is 0 Å². The molecule has 118 valence electrons. The van der Waals surface area contributed by atoms with E-state index in [9.17, 15) is 0 Å². The Labute approximate surface area is 128 Å². The molecule has 21 heavy (non-hydrogen) atoms. The molecule has 1 aliphatic heterocycles. The van der Waals surface area contributed by atoms with Gasteiger partial charge in [0.1, 0.15) is 0 Å². The highest BCUT2D eigenvalue weighted by molar-refractivity contribution is 5.42. The van der Waals surface area contributed by atoms with Crippen LogP contribution in [0.4, 0.5) is 0 Å². The van der Waals surface area contributed by atoms with E-state index < -0.39 is 0 Å². The van der Waals surface area contributed by atoms with Crippen molar-refractivity contribution in [2.24, 2.45) is 5.92 Å². The minimum Gasteiger partial charge on any atom is -0.493 e. The van der Waals surface area contributed by atoms with E-state index in [1.807, 2.05) is 6.07 Å². The molecule has 1 aromatic rings. The molecule has 0 amide bonds. The van der Waals surface area contributed by atoms with Crippen molar-refractivity contribution >= 4 is 0 Å². The maximum Gasteiger partial charge on any atom is 0.160 e. The number of ether oxygens (including phenoxy) is 2. The lowest BCUT2D eigenvalue weighted by Crippen LogP contribution is -2.37. The summed E-state index contributed by atoms with van der Waals surface area (Å²) < 4.78 is 10.6. The van der Waals surface area contributed by atoms with Crippen LogP contribution in [-0.2, 0) is 6.42 Å². The number of nitrogens with zero attached hydrogens (tertiary/aromatic N) is 1. The molecule has 0 saturated carbocycles. The summed E-state index contributed by atoms with van der Waals surface area (Å²) in [5.41, 5.74) is 1.28. The molecule has 1 aliphatic rings. The smallest absolute Gasteiger partial charge is 0.160 e. The SMILES string of the molecule is COc1ccc(CCNCC2CCCN(C)C2)cc1OC. The maximum atomic E-state index is 5.34. The van der Waals surface area contributed by atoms with Gasteiger partial charge >= 0.3 is 0 Å². The average molecular weight is 292 g/mol. The monoisotopic (exact) mass is 292 g/mol. The van der Waals surface area contributed by atoms with Gasteiger partial charge in [0.15, 0.2) is 11.5 Å². The predicted molar refractivity (Wildman–Crippen MR) is 86.3 cm³/mol.